The van der Waals surface area contributed by atoms with Crippen molar-refractivity contribution in [1.29, 1.82) is 5.26 Å². The van der Waals surface area contributed by atoms with Crippen LogP contribution >= 0.6 is 0 Å². The van der Waals surface area contributed by atoms with Crippen LogP contribution in [-0.2, 0) is 0 Å². The fraction of sp³-hybridized carbons (Fsp3) is 0.125. The van der Waals surface area contributed by atoms with E-state index in [0.717, 1.165) is 11.1 Å². The molecule has 2 aromatic carbocycles. The molecule has 3 nitrogen and oxygen atoms in total. The van der Waals surface area contributed by atoms with Gasteiger partial charge in [-0.15, -0.1) is 0 Å². The summed E-state index contributed by atoms with van der Waals surface area (Å²) >= 11 is 0. The predicted octanol–water partition coefficient (Wildman–Crippen LogP) is 3.43. The molecule has 0 aromatic heterocycles. The van der Waals surface area contributed by atoms with Crippen molar-refractivity contribution in [2.75, 3.05) is 5.32 Å². The number of hydrogen-bond donors (Lipinski definition) is 1. The van der Waals surface area contributed by atoms with E-state index in [9.17, 15) is 4.79 Å². The first-order valence-corrected chi connectivity index (χ1v) is 5.98. The number of aryl methyl sites for hydroxylation is 2. The van der Waals surface area contributed by atoms with E-state index in [1.807, 2.05) is 38.1 Å². The average molecular weight is 250 g/mol. The minimum absolute atomic E-state index is 0.142. The van der Waals surface area contributed by atoms with Crippen molar-refractivity contribution >= 4 is 11.6 Å². The SMILES string of the molecule is Cc1cc(C)cc(C(=O)Nc2ccc(C#N)cc2)c1. The summed E-state index contributed by atoms with van der Waals surface area (Å²) in [5.41, 5.74) is 4.02. The highest BCUT2D eigenvalue weighted by Crippen LogP contribution is 2.13. The second-order valence-corrected chi connectivity index (χ2v) is 4.52. The molecule has 3 heteroatoms. The van der Waals surface area contributed by atoms with Crippen LogP contribution in [0.4, 0.5) is 5.69 Å². The van der Waals surface area contributed by atoms with E-state index in [4.69, 9.17) is 5.26 Å². The first-order valence-electron chi connectivity index (χ1n) is 5.98. The average Bonchev–Trinajstić information content (AvgIpc) is 2.38. The molecule has 0 aliphatic carbocycles. The number of nitriles is 1. The number of nitrogens with one attached hydrogen (secondary N) is 1. The lowest BCUT2D eigenvalue weighted by Gasteiger charge is -2.07. The Morgan fingerprint density at radius 2 is 1.63 bits per heavy atom. The minimum atomic E-state index is -0.142. The summed E-state index contributed by atoms with van der Waals surface area (Å²) in [6.45, 7) is 3.93. The summed E-state index contributed by atoms with van der Waals surface area (Å²) in [5.74, 6) is -0.142. The van der Waals surface area contributed by atoms with Crippen LogP contribution in [-0.4, -0.2) is 5.91 Å². The zero-order chi connectivity index (χ0) is 13.8. The van der Waals surface area contributed by atoms with Gasteiger partial charge in [-0.1, -0.05) is 17.2 Å². The summed E-state index contributed by atoms with van der Waals surface area (Å²) in [5, 5.41) is 11.5. The molecular formula is C16H14N2O. The topological polar surface area (TPSA) is 52.9 Å². The lowest BCUT2D eigenvalue weighted by molar-refractivity contribution is 0.102. The van der Waals surface area contributed by atoms with Crippen LogP contribution in [0.5, 0.6) is 0 Å². The number of carbonyl (C=O) groups excluding carboxylic acids is 1. The van der Waals surface area contributed by atoms with E-state index in [0.29, 0.717) is 16.8 Å². The fourth-order valence-electron chi connectivity index (χ4n) is 1.94. The van der Waals surface area contributed by atoms with Gasteiger partial charge >= 0.3 is 0 Å². The van der Waals surface area contributed by atoms with Crippen molar-refractivity contribution in [2.45, 2.75) is 13.8 Å². The van der Waals surface area contributed by atoms with Gasteiger partial charge in [0.05, 0.1) is 11.6 Å². The number of anilines is 1. The van der Waals surface area contributed by atoms with Gasteiger partial charge in [-0.05, 0) is 50.2 Å². The molecular weight excluding hydrogens is 236 g/mol. The van der Waals surface area contributed by atoms with Crippen LogP contribution in [0.2, 0.25) is 0 Å². The van der Waals surface area contributed by atoms with E-state index in [1.165, 1.54) is 0 Å². The molecule has 1 N–H and O–H groups in total. The highest BCUT2D eigenvalue weighted by Gasteiger charge is 2.07. The third-order valence-electron chi connectivity index (χ3n) is 2.76. The van der Waals surface area contributed by atoms with Crippen LogP contribution in [0.15, 0.2) is 42.5 Å². The number of rotatable bonds is 2. The molecule has 0 heterocycles. The second-order valence-electron chi connectivity index (χ2n) is 4.52. The molecule has 0 spiro atoms. The molecule has 0 aliphatic rings. The number of hydrogen-bond acceptors (Lipinski definition) is 2. The first kappa shape index (κ1) is 12.8. The van der Waals surface area contributed by atoms with Gasteiger partial charge in [-0.25, -0.2) is 0 Å². The van der Waals surface area contributed by atoms with Gasteiger partial charge < -0.3 is 5.32 Å². The van der Waals surface area contributed by atoms with Gasteiger partial charge in [0.2, 0.25) is 0 Å². The lowest BCUT2D eigenvalue weighted by atomic mass is 10.1. The minimum Gasteiger partial charge on any atom is -0.322 e. The molecule has 0 unspecified atom stereocenters. The van der Waals surface area contributed by atoms with E-state index < -0.39 is 0 Å². The zero-order valence-electron chi connectivity index (χ0n) is 10.9. The molecule has 1 amide bonds. The van der Waals surface area contributed by atoms with Crippen molar-refractivity contribution < 1.29 is 4.79 Å². The quantitative estimate of drug-likeness (QED) is 0.887. The van der Waals surface area contributed by atoms with Crippen molar-refractivity contribution in [3.05, 3.63) is 64.7 Å². The monoisotopic (exact) mass is 250 g/mol. The molecule has 19 heavy (non-hydrogen) atoms. The summed E-state index contributed by atoms with van der Waals surface area (Å²) in [6, 6.07) is 14.6. The number of carbonyl (C=O) groups is 1. The van der Waals surface area contributed by atoms with Gasteiger partial charge in [-0.3, -0.25) is 4.79 Å². The van der Waals surface area contributed by atoms with E-state index in [1.54, 1.807) is 24.3 Å². The first-order chi connectivity index (χ1) is 9.08. The van der Waals surface area contributed by atoms with E-state index in [-0.39, 0.29) is 5.91 Å². The Morgan fingerprint density at radius 3 is 2.16 bits per heavy atom. The van der Waals surface area contributed by atoms with Gasteiger partial charge in [0.15, 0.2) is 0 Å². The summed E-state index contributed by atoms with van der Waals surface area (Å²) in [7, 11) is 0. The van der Waals surface area contributed by atoms with Crippen LogP contribution in [0, 0.1) is 25.2 Å². The maximum atomic E-state index is 12.1. The molecule has 0 aliphatic heterocycles. The Bertz CT molecular complexity index is 631. The fourth-order valence-corrected chi connectivity index (χ4v) is 1.94. The molecule has 94 valence electrons. The normalized spacial score (nSPS) is 9.74. The van der Waals surface area contributed by atoms with Crippen LogP contribution < -0.4 is 5.32 Å². The van der Waals surface area contributed by atoms with Crippen molar-refractivity contribution in [1.82, 2.24) is 0 Å². The highest BCUT2D eigenvalue weighted by molar-refractivity contribution is 6.04. The second kappa shape index (κ2) is 5.36. The van der Waals surface area contributed by atoms with Crippen molar-refractivity contribution in [3.63, 3.8) is 0 Å². The summed E-state index contributed by atoms with van der Waals surface area (Å²) in [6.07, 6.45) is 0. The van der Waals surface area contributed by atoms with Crippen LogP contribution in [0.3, 0.4) is 0 Å². The third kappa shape index (κ3) is 3.20. The largest absolute Gasteiger partial charge is 0.322 e. The number of amides is 1. The van der Waals surface area contributed by atoms with E-state index >= 15 is 0 Å². The Labute approximate surface area is 112 Å². The smallest absolute Gasteiger partial charge is 0.255 e. The predicted molar refractivity (Wildman–Crippen MR) is 75.0 cm³/mol. The van der Waals surface area contributed by atoms with Crippen molar-refractivity contribution in [2.24, 2.45) is 0 Å². The maximum absolute atomic E-state index is 12.1. The van der Waals surface area contributed by atoms with Crippen LogP contribution in [0.1, 0.15) is 27.0 Å². The number of nitrogens with zero attached hydrogens (tertiary/aromatic N) is 1. The van der Waals surface area contributed by atoms with Crippen LogP contribution in [0.25, 0.3) is 0 Å². The van der Waals surface area contributed by atoms with Gasteiger partial charge in [0, 0.05) is 11.3 Å². The zero-order valence-corrected chi connectivity index (χ0v) is 10.9. The van der Waals surface area contributed by atoms with Gasteiger partial charge in [-0.2, -0.15) is 5.26 Å². The lowest BCUT2D eigenvalue weighted by Crippen LogP contribution is -2.12. The van der Waals surface area contributed by atoms with Gasteiger partial charge in [0.25, 0.3) is 5.91 Å². The molecule has 0 saturated heterocycles. The maximum Gasteiger partial charge on any atom is 0.255 e. The van der Waals surface area contributed by atoms with Gasteiger partial charge in [0.1, 0.15) is 0 Å². The molecule has 0 bridgehead atoms. The molecule has 2 aromatic rings. The Morgan fingerprint density at radius 1 is 1.05 bits per heavy atom. The number of benzene rings is 2. The standard InChI is InChI=1S/C16H14N2O/c1-11-7-12(2)9-14(8-11)16(19)18-15-5-3-13(10-17)4-6-15/h3-9H,1-2H3,(H,18,19). The molecule has 0 atom stereocenters. The highest BCUT2D eigenvalue weighted by atomic mass is 16.1. The molecule has 2 rings (SSSR count). The Kier molecular flexibility index (Phi) is 3.63. The summed E-state index contributed by atoms with van der Waals surface area (Å²) in [4.78, 5) is 12.1. The third-order valence-corrected chi connectivity index (χ3v) is 2.76. The molecule has 0 fully saturated rings. The summed E-state index contributed by atoms with van der Waals surface area (Å²) < 4.78 is 0. The molecule has 0 saturated carbocycles. The Balaban J connectivity index is 2.18. The van der Waals surface area contributed by atoms with E-state index in [2.05, 4.69) is 5.32 Å². The molecule has 0 radical (unpaired) electrons. The Hall–Kier alpha value is -2.60. The van der Waals surface area contributed by atoms with Crippen molar-refractivity contribution in [3.8, 4) is 6.07 Å².